The number of benzene rings is 1. The van der Waals surface area contributed by atoms with Gasteiger partial charge in [0.15, 0.2) is 0 Å². The summed E-state index contributed by atoms with van der Waals surface area (Å²) in [5.41, 5.74) is 4.95. The lowest BCUT2D eigenvalue weighted by Gasteiger charge is -2.23. The highest BCUT2D eigenvalue weighted by molar-refractivity contribution is 7.08. The Kier molecular flexibility index (Phi) is 3.09. The lowest BCUT2D eigenvalue weighted by molar-refractivity contribution is 0.321. The predicted octanol–water partition coefficient (Wildman–Crippen LogP) is 3.49. The number of rotatable bonds is 2. The largest absolute Gasteiger partial charge is 0.337 e. The molecule has 0 spiro atoms. The van der Waals surface area contributed by atoms with Crippen LogP contribution in [0.25, 0.3) is 11.4 Å². The Morgan fingerprint density at radius 3 is 2.90 bits per heavy atom. The fourth-order valence-electron chi connectivity index (χ4n) is 2.70. The van der Waals surface area contributed by atoms with Crippen molar-refractivity contribution in [2.75, 3.05) is 0 Å². The van der Waals surface area contributed by atoms with E-state index in [4.69, 9.17) is 4.52 Å². The van der Waals surface area contributed by atoms with Gasteiger partial charge >= 0.3 is 0 Å². The zero-order chi connectivity index (χ0) is 14.2. The van der Waals surface area contributed by atoms with Gasteiger partial charge in [0.1, 0.15) is 0 Å². The Morgan fingerprint density at radius 1 is 1.24 bits per heavy atom. The van der Waals surface area contributed by atoms with E-state index in [2.05, 4.69) is 57.4 Å². The Labute approximate surface area is 126 Å². The minimum Gasteiger partial charge on any atom is -0.337 e. The summed E-state index contributed by atoms with van der Waals surface area (Å²) in [6.45, 7) is 2.91. The van der Waals surface area contributed by atoms with Crippen LogP contribution in [-0.2, 0) is 13.0 Å². The Balaban J connectivity index is 1.61. The maximum Gasteiger partial charge on any atom is 0.244 e. The van der Waals surface area contributed by atoms with Gasteiger partial charge in [-0.2, -0.15) is 16.3 Å². The molecule has 1 aromatic carbocycles. The number of aryl methyl sites for hydroxylation is 1. The molecule has 1 N–H and O–H groups in total. The molecule has 3 aromatic rings. The molecule has 0 saturated carbocycles. The van der Waals surface area contributed by atoms with Crippen LogP contribution < -0.4 is 5.32 Å². The molecule has 0 bridgehead atoms. The van der Waals surface area contributed by atoms with Crippen LogP contribution in [0, 0.1) is 6.92 Å². The van der Waals surface area contributed by atoms with E-state index < -0.39 is 0 Å². The van der Waals surface area contributed by atoms with Gasteiger partial charge in [0.05, 0.1) is 6.04 Å². The minimum absolute atomic E-state index is 0.0973. The van der Waals surface area contributed by atoms with Crippen LogP contribution in [0.15, 0.2) is 39.5 Å². The molecule has 5 heteroatoms. The van der Waals surface area contributed by atoms with Crippen molar-refractivity contribution in [3.8, 4) is 11.4 Å². The quantitative estimate of drug-likeness (QED) is 0.786. The minimum atomic E-state index is 0.0973. The maximum absolute atomic E-state index is 5.48. The maximum atomic E-state index is 5.48. The van der Waals surface area contributed by atoms with Crippen LogP contribution in [0.1, 0.15) is 28.6 Å². The van der Waals surface area contributed by atoms with Gasteiger partial charge in [-0.05, 0) is 35.4 Å². The molecular weight excluding hydrogens is 282 g/mol. The van der Waals surface area contributed by atoms with Crippen molar-refractivity contribution >= 4 is 11.3 Å². The van der Waals surface area contributed by atoms with Crippen LogP contribution in [-0.4, -0.2) is 10.1 Å². The highest BCUT2D eigenvalue weighted by Gasteiger charge is 2.24. The van der Waals surface area contributed by atoms with E-state index in [9.17, 15) is 0 Å². The van der Waals surface area contributed by atoms with E-state index in [1.807, 2.05) is 0 Å². The zero-order valence-electron chi connectivity index (χ0n) is 11.7. The summed E-state index contributed by atoms with van der Waals surface area (Å²) < 4.78 is 5.48. The second-order valence-electron chi connectivity index (χ2n) is 5.33. The number of thiophene rings is 1. The molecule has 0 saturated heterocycles. The van der Waals surface area contributed by atoms with Gasteiger partial charge in [-0.15, -0.1) is 0 Å². The van der Waals surface area contributed by atoms with Crippen LogP contribution >= 0.6 is 11.3 Å². The summed E-state index contributed by atoms with van der Waals surface area (Å²) >= 11 is 1.66. The molecule has 1 atom stereocenters. The molecule has 1 aliphatic rings. The molecule has 3 heterocycles. The third-order valence-electron chi connectivity index (χ3n) is 3.92. The van der Waals surface area contributed by atoms with E-state index in [1.54, 1.807) is 11.3 Å². The molecule has 0 amide bonds. The first-order valence-corrected chi connectivity index (χ1v) is 7.92. The summed E-state index contributed by atoms with van der Waals surface area (Å²) in [6, 6.07) is 8.58. The van der Waals surface area contributed by atoms with Crippen molar-refractivity contribution in [1.29, 1.82) is 0 Å². The van der Waals surface area contributed by atoms with Crippen molar-refractivity contribution in [1.82, 2.24) is 15.5 Å². The fraction of sp³-hybridized carbons (Fsp3) is 0.250. The number of fused-ring (bicyclic) bond motifs is 1. The van der Waals surface area contributed by atoms with Crippen molar-refractivity contribution in [3.05, 3.63) is 57.6 Å². The van der Waals surface area contributed by atoms with E-state index in [-0.39, 0.29) is 6.04 Å². The molecule has 0 fully saturated rings. The number of hydrogen-bond acceptors (Lipinski definition) is 5. The Bertz CT molecular complexity index is 777. The van der Waals surface area contributed by atoms with Crippen molar-refractivity contribution in [2.24, 2.45) is 0 Å². The van der Waals surface area contributed by atoms with E-state index in [1.165, 1.54) is 16.7 Å². The number of nitrogens with one attached hydrogen (secondary N) is 1. The first-order chi connectivity index (χ1) is 10.3. The van der Waals surface area contributed by atoms with Gasteiger partial charge in [0.25, 0.3) is 0 Å². The van der Waals surface area contributed by atoms with Gasteiger partial charge < -0.3 is 9.84 Å². The molecule has 1 aliphatic heterocycles. The van der Waals surface area contributed by atoms with Crippen LogP contribution in [0.4, 0.5) is 0 Å². The van der Waals surface area contributed by atoms with E-state index >= 15 is 0 Å². The van der Waals surface area contributed by atoms with Gasteiger partial charge in [0, 0.05) is 17.5 Å². The second kappa shape index (κ2) is 5.09. The molecule has 106 valence electrons. The Hall–Kier alpha value is -1.98. The summed E-state index contributed by atoms with van der Waals surface area (Å²) in [5, 5.41) is 11.8. The SMILES string of the molecule is Cc1cscc1-c1noc(C2Cc3ccccc3CN2)n1. The molecule has 1 unspecified atom stereocenters. The normalized spacial score (nSPS) is 17.7. The van der Waals surface area contributed by atoms with Gasteiger partial charge in [-0.3, -0.25) is 0 Å². The zero-order valence-corrected chi connectivity index (χ0v) is 12.5. The van der Waals surface area contributed by atoms with Gasteiger partial charge in [-0.25, -0.2) is 0 Å². The predicted molar refractivity (Wildman–Crippen MR) is 82.1 cm³/mol. The smallest absolute Gasteiger partial charge is 0.244 e. The monoisotopic (exact) mass is 297 g/mol. The Morgan fingerprint density at radius 2 is 2.10 bits per heavy atom. The highest BCUT2D eigenvalue weighted by Crippen LogP contribution is 2.28. The van der Waals surface area contributed by atoms with E-state index in [0.717, 1.165) is 18.5 Å². The lowest BCUT2D eigenvalue weighted by atomic mass is 9.96. The van der Waals surface area contributed by atoms with Crippen LogP contribution in [0.2, 0.25) is 0 Å². The molecule has 21 heavy (non-hydrogen) atoms. The average molecular weight is 297 g/mol. The molecule has 4 nitrogen and oxygen atoms in total. The topological polar surface area (TPSA) is 51.0 Å². The van der Waals surface area contributed by atoms with E-state index in [0.29, 0.717) is 11.7 Å². The van der Waals surface area contributed by atoms with Crippen molar-refractivity contribution in [2.45, 2.75) is 25.9 Å². The standard InChI is InChI=1S/C16H15N3OS/c1-10-8-21-9-13(10)15-18-16(20-19-15)14-6-11-4-2-3-5-12(11)7-17-14/h2-5,8-9,14,17H,6-7H2,1H3. The first-order valence-electron chi connectivity index (χ1n) is 6.98. The first kappa shape index (κ1) is 12.7. The lowest BCUT2D eigenvalue weighted by Crippen LogP contribution is -2.28. The summed E-state index contributed by atoms with van der Waals surface area (Å²) in [7, 11) is 0. The molecule has 0 aliphatic carbocycles. The average Bonchev–Trinajstić information content (AvgIpc) is 3.15. The highest BCUT2D eigenvalue weighted by atomic mass is 32.1. The third-order valence-corrected chi connectivity index (χ3v) is 4.78. The third kappa shape index (κ3) is 2.28. The second-order valence-corrected chi connectivity index (χ2v) is 6.07. The number of hydrogen-bond donors (Lipinski definition) is 1. The molecule has 2 aromatic heterocycles. The summed E-state index contributed by atoms with van der Waals surface area (Å²) in [5.74, 6) is 1.36. The van der Waals surface area contributed by atoms with Crippen LogP contribution in [0.5, 0.6) is 0 Å². The molecule has 0 radical (unpaired) electrons. The number of aromatic nitrogens is 2. The van der Waals surface area contributed by atoms with Crippen LogP contribution in [0.3, 0.4) is 0 Å². The fourth-order valence-corrected chi connectivity index (χ4v) is 3.53. The van der Waals surface area contributed by atoms with Crippen molar-refractivity contribution < 1.29 is 4.52 Å². The molecule has 4 rings (SSSR count). The van der Waals surface area contributed by atoms with Gasteiger partial charge in [0.2, 0.25) is 11.7 Å². The summed E-state index contributed by atoms with van der Waals surface area (Å²) in [4.78, 5) is 4.58. The summed E-state index contributed by atoms with van der Waals surface area (Å²) in [6.07, 6.45) is 0.889. The van der Waals surface area contributed by atoms with Gasteiger partial charge in [-0.1, -0.05) is 29.4 Å². The van der Waals surface area contributed by atoms with Crippen molar-refractivity contribution in [3.63, 3.8) is 0 Å². The number of nitrogens with zero attached hydrogens (tertiary/aromatic N) is 2. The molecular formula is C16H15N3OS.